The van der Waals surface area contributed by atoms with Crippen LogP contribution in [0.2, 0.25) is 0 Å². The molecule has 0 saturated carbocycles. The standard InChI is InChI=1S/C26H36N6O4/c1-6-18(7-2)31-20-15-27-22-13-12-21(32(22)24(20)34)23(33)28-14-17-8-10-19(11-9-17)29-16-30-25(35)36-26(3,4)5/h8-11,15-16,18,21,31H,6-7,12-14H2,1-5H3,(H,28,33)(H,29,30,35)/t21-/m0/s1. The molecule has 1 aliphatic rings. The number of carbonyl (C=O) groups excluding carboxylic acids is 2. The first-order valence-electron chi connectivity index (χ1n) is 12.4. The van der Waals surface area contributed by atoms with E-state index in [1.54, 1.807) is 39.1 Å². The highest BCUT2D eigenvalue weighted by Crippen LogP contribution is 2.24. The van der Waals surface area contributed by atoms with Gasteiger partial charge < -0.3 is 15.4 Å². The largest absolute Gasteiger partial charge is 0.444 e. The van der Waals surface area contributed by atoms with E-state index in [-0.39, 0.29) is 17.5 Å². The number of hydrogen-bond acceptors (Lipinski definition) is 7. The lowest BCUT2D eigenvalue weighted by molar-refractivity contribution is -0.124. The van der Waals surface area contributed by atoms with E-state index in [1.165, 1.54) is 10.9 Å². The molecule has 10 nitrogen and oxygen atoms in total. The van der Waals surface area contributed by atoms with Crippen molar-refractivity contribution >= 4 is 29.7 Å². The van der Waals surface area contributed by atoms with Crippen molar-refractivity contribution in [2.45, 2.75) is 84.5 Å². The Morgan fingerprint density at radius 1 is 1.22 bits per heavy atom. The molecule has 2 heterocycles. The van der Waals surface area contributed by atoms with Crippen LogP contribution in [0.5, 0.6) is 0 Å². The average molecular weight is 497 g/mol. The number of alkyl carbamates (subject to hydrolysis) is 1. The molecule has 2 aromatic rings. The number of ether oxygens (including phenoxy) is 1. The van der Waals surface area contributed by atoms with E-state index < -0.39 is 17.7 Å². The molecule has 0 aliphatic carbocycles. The lowest BCUT2D eigenvalue weighted by Crippen LogP contribution is -2.37. The predicted octanol–water partition coefficient (Wildman–Crippen LogP) is 3.83. The number of rotatable bonds is 9. The Hall–Kier alpha value is -3.69. The first-order valence-corrected chi connectivity index (χ1v) is 12.4. The second-order valence-electron chi connectivity index (χ2n) is 9.76. The Morgan fingerprint density at radius 3 is 2.56 bits per heavy atom. The molecule has 1 aliphatic heterocycles. The molecular weight excluding hydrogens is 460 g/mol. The maximum Gasteiger partial charge on any atom is 0.412 e. The second kappa shape index (κ2) is 11.8. The van der Waals surface area contributed by atoms with Gasteiger partial charge in [0, 0.05) is 19.0 Å². The number of hydrogen-bond donors (Lipinski definition) is 3. The molecule has 194 valence electrons. The highest BCUT2D eigenvalue weighted by molar-refractivity contribution is 5.83. The first kappa shape index (κ1) is 26.9. The van der Waals surface area contributed by atoms with E-state index in [9.17, 15) is 14.4 Å². The molecule has 0 fully saturated rings. The SMILES string of the molecule is CCC(CC)Nc1cnc2n(c1=O)[C@H](C(=O)NCc1ccc(N=CNC(=O)OC(C)(C)C)cc1)CC2. The molecule has 1 aromatic carbocycles. The van der Waals surface area contributed by atoms with Crippen LogP contribution in [0.4, 0.5) is 16.2 Å². The number of aliphatic imine (C=N–C) groups is 1. The first-order chi connectivity index (χ1) is 17.1. The van der Waals surface area contributed by atoms with Crippen molar-refractivity contribution in [3.05, 3.63) is 52.2 Å². The number of aryl methyl sites for hydroxylation is 1. The molecule has 3 rings (SSSR count). The van der Waals surface area contributed by atoms with E-state index >= 15 is 0 Å². The monoisotopic (exact) mass is 496 g/mol. The summed E-state index contributed by atoms with van der Waals surface area (Å²) >= 11 is 0. The van der Waals surface area contributed by atoms with Crippen molar-refractivity contribution in [2.75, 3.05) is 5.32 Å². The van der Waals surface area contributed by atoms with Gasteiger partial charge in [0.25, 0.3) is 5.56 Å². The molecule has 0 bridgehead atoms. The summed E-state index contributed by atoms with van der Waals surface area (Å²) < 4.78 is 6.67. The van der Waals surface area contributed by atoms with E-state index in [0.717, 1.165) is 18.4 Å². The molecule has 3 N–H and O–H groups in total. The summed E-state index contributed by atoms with van der Waals surface area (Å²) in [6.07, 6.45) is 5.20. The third-order valence-electron chi connectivity index (χ3n) is 5.87. The van der Waals surface area contributed by atoms with Crippen LogP contribution >= 0.6 is 0 Å². The van der Waals surface area contributed by atoms with Crippen molar-refractivity contribution in [1.29, 1.82) is 0 Å². The molecule has 0 spiro atoms. The topological polar surface area (TPSA) is 127 Å². The van der Waals surface area contributed by atoms with Crippen molar-refractivity contribution in [3.63, 3.8) is 0 Å². The Labute approximate surface area is 211 Å². The fourth-order valence-corrected chi connectivity index (χ4v) is 3.94. The lowest BCUT2D eigenvalue weighted by atomic mass is 10.1. The van der Waals surface area contributed by atoms with Gasteiger partial charge >= 0.3 is 6.09 Å². The molecule has 0 saturated heterocycles. The van der Waals surface area contributed by atoms with Gasteiger partial charge in [0.2, 0.25) is 5.91 Å². The van der Waals surface area contributed by atoms with Crippen LogP contribution in [0.25, 0.3) is 0 Å². The number of fused-ring (bicyclic) bond motifs is 1. The van der Waals surface area contributed by atoms with Gasteiger partial charge in [-0.25, -0.2) is 14.8 Å². The molecular formula is C26H36N6O4. The van der Waals surface area contributed by atoms with Crippen LogP contribution in [-0.4, -0.2) is 39.5 Å². The quantitative estimate of drug-likeness (QED) is 0.358. The molecule has 10 heteroatoms. The van der Waals surface area contributed by atoms with Gasteiger partial charge in [0.1, 0.15) is 23.2 Å². The van der Waals surface area contributed by atoms with Gasteiger partial charge in [-0.05, 0) is 57.7 Å². The van der Waals surface area contributed by atoms with Gasteiger partial charge in [0.15, 0.2) is 0 Å². The van der Waals surface area contributed by atoms with Crippen LogP contribution in [0.15, 0.2) is 40.2 Å². The number of amides is 2. The summed E-state index contributed by atoms with van der Waals surface area (Å²) in [5, 5.41) is 8.65. The zero-order valence-corrected chi connectivity index (χ0v) is 21.6. The zero-order chi connectivity index (χ0) is 26.3. The van der Waals surface area contributed by atoms with Crippen LogP contribution in [0, 0.1) is 0 Å². The summed E-state index contributed by atoms with van der Waals surface area (Å²) in [5.74, 6) is 0.429. The number of carbonyl (C=O) groups is 2. The fourth-order valence-electron chi connectivity index (χ4n) is 3.94. The molecule has 0 unspecified atom stereocenters. The Morgan fingerprint density at radius 2 is 1.92 bits per heavy atom. The Bertz CT molecular complexity index is 1150. The second-order valence-corrected chi connectivity index (χ2v) is 9.76. The minimum absolute atomic E-state index is 0.187. The van der Waals surface area contributed by atoms with Gasteiger partial charge in [-0.1, -0.05) is 26.0 Å². The average Bonchev–Trinajstić information content (AvgIpc) is 3.27. The van der Waals surface area contributed by atoms with Crippen LogP contribution in [0.1, 0.15) is 71.3 Å². The molecule has 2 amide bonds. The maximum atomic E-state index is 13.1. The van der Waals surface area contributed by atoms with Crippen LogP contribution in [0.3, 0.4) is 0 Å². The molecule has 36 heavy (non-hydrogen) atoms. The fraction of sp³-hybridized carbons (Fsp3) is 0.500. The number of nitrogens with zero attached hydrogens (tertiary/aromatic N) is 3. The van der Waals surface area contributed by atoms with E-state index in [1.807, 2.05) is 12.1 Å². The van der Waals surface area contributed by atoms with Crippen molar-refractivity contribution in [2.24, 2.45) is 4.99 Å². The highest BCUT2D eigenvalue weighted by Gasteiger charge is 2.31. The van der Waals surface area contributed by atoms with E-state index in [0.29, 0.717) is 36.6 Å². The zero-order valence-electron chi connectivity index (χ0n) is 21.6. The van der Waals surface area contributed by atoms with Gasteiger partial charge in [0.05, 0.1) is 18.2 Å². The smallest absolute Gasteiger partial charge is 0.412 e. The maximum absolute atomic E-state index is 13.1. The Balaban J connectivity index is 1.57. The summed E-state index contributed by atoms with van der Waals surface area (Å²) in [5.41, 5.74) is 1.17. The molecule has 1 atom stereocenters. The number of anilines is 1. The van der Waals surface area contributed by atoms with Gasteiger partial charge in [-0.2, -0.15) is 0 Å². The third kappa shape index (κ3) is 7.16. The third-order valence-corrected chi connectivity index (χ3v) is 5.87. The predicted molar refractivity (Wildman–Crippen MR) is 140 cm³/mol. The summed E-state index contributed by atoms with van der Waals surface area (Å²) in [4.78, 5) is 46.3. The molecule has 1 aromatic heterocycles. The highest BCUT2D eigenvalue weighted by atomic mass is 16.6. The summed E-state index contributed by atoms with van der Waals surface area (Å²) in [6.45, 7) is 9.80. The van der Waals surface area contributed by atoms with Gasteiger partial charge in [-0.15, -0.1) is 0 Å². The number of benzene rings is 1. The van der Waals surface area contributed by atoms with E-state index in [2.05, 4.69) is 39.8 Å². The van der Waals surface area contributed by atoms with Crippen molar-refractivity contribution in [3.8, 4) is 0 Å². The normalized spacial score (nSPS) is 15.1. The van der Waals surface area contributed by atoms with Crippen molar-refractivity contribution in [1.82, 2.24) is 20.2 Å². The number of nitrogens with one attached hydrogen (secondary N) is 3. The van der Waals surface area contributed by atoms with E-state index in [4.69, 9.17) is 4.74 Å². The number of aromatic nitrogens is 2. The lowest BCUT2D eigenvalue weighted by Gasteiger charge is -2.18. The Kier molecular flexibility index (Phi) is 8.84. The minimum Gasteiger partial charge on any atom is -0.444 e. The van der Waals surface area contributed by atoms with Crippen LogP contribution < -0.4 is 21.5 Å². The minimum atomic E-state index is -0.582. The van der Waals surface area contributed by atoms with Gasteiger partial charge in [-0.3, -0.25) is 19.5 Å². The van der Waals surface area contributed by atoms with Crippen molar-refractivity contribution < 1.29 is 14.3 Å². The van der Waals surface area contributed by atoms with Crippen LogP contribution in [-0.2, 0) is 22.5 Å². The summed E-state index contributed by atoms with van der Waals surface area (Å²) in [7, 11) is 0. The molecule has 0 radical (unpaired) electrons. The summed E-state index contributed by atoms with van der Waals surface area (Å²) in [6, 6.07) is 6.86.